The number of halogens is 1. The molecule has 5 heteroatoms. The Bertz CT molecular complexity index is 560. The van der Waals surface area contributed by atoms with Crippen LogP contribution in [0.2, 0.25) is 0 Å². The lowest BCUT2D eigenvalue weighted by molar-refractivity contribution is 0.646. The molecule has 4 nitrogen and oxygen atoms in total. The van der Waals surface area contributed by atoms with E-state index >= 15 is 0 Å². The van der Waals surface area contributed by atoms with Crippen molar-refractivity contribution in [3.8, 4) is 5.69 Å². The number of hydrogen-bond acceptors (Lipinski definition) is 3. The maximum absolute atomic E-state index is 4.19. The van der Waals surface area contributed by atoms with Gasteiger partial charge in [0.05, 0.1) is 17.6 Å². The van der Waals surface area contributed by atoms with Crippen LogP contribution in [0.25, 0.3) is 5.69 Å². The van der Waals surface area contributed by atoms with Gasteiger partial charge in [-0.15, -0.1) is 5.10 Å². The normalized spacial score (nSPS) is 15.0. The molecule has 0 amide bonds. The van der Waals surface area contributed by atoms with E-state index in [0.29, 0.717) is 6.04 Å². The minimum atomic E-state index is 0.692. The number of nitrogens with zero attached hydrogens (tertiary/aromatic N) is 3. The van der Waals surface area contributed by atoms with Gasteiger partial charge < -0.3 is 5.32 Å². The molecule has 1 aromatic carbocycles. The van der Waals surface area contributed by atoms with Crippen LogP contribution in [0.3, 0.4) is 0 Å². The van der Waals surface area contributed by atoms with Gasteiger partial charge in [0.25, 0.3) is 0 Å². The number of aryl methyl sites for hydroxylation is 1. The van der Waals surface area contributed by atoms with Crippen LogP contribution in [0, 0.1) is 6.92 Å². The lowest BCUT2D eigenvalue weighted by Crippen LogP contribution is -2.18. The molecule has 0 radical (unpaired) electrons. The van der Waals surface area contributed by atoms with Crippen LogP contribution in [0.5, 0.6) is 0 Å². The SMILES string of the molecule is Cc1ccc(Br)cc1-n1nncc1CNC1CC1. The first kappa shape index (κ1) is 11.9. The van der Waals surface area contributed by atoms with Crippen molar-refractivity contribution in [3.63, 3.8) is 0 Å². The zero-order chi connectivity index (χ0) is 12.5. The number of hydrogen-bond donors (Lipinski definition) is 1. The minimum Gasteiger partial charge on any atom is -0.308 e. The number of rotatable bonds is 4. The van der Waals surface area contributed by atoms with E-state index in [2.05, 4.69) is 50.6 Å². The Morgan fingerprint density at radius 1 is 1.44 bits per heavy atom. The number of aromatic nitrogens is 3. The summed E-state index contributed by atoms with van der Waals surface area (Å²) in [4.78, 5) is 0. The van der Waals surface area contributed by atoms with Crippen LogP contribution >= 0.6 is 15.9 Å². The molecule has 0 spiro atoms. The van der Waals surface area contributed by atoms with Crippen molar-refractivity contribution < 1.29 is 0 Å². The molecular weight excluding hydrogens is 292 g/mol. The molecular formula is C13H15BrN4. The molecule has 3 rings (SSSR count). The number of nitrogens with one attached hydrogen (secondary N) is 1. The van der Waals surface area contributed by atoms with Crippen LogP contribution in [0.15, 0.2) is 28.9 Å². The fourth-order valence-electron chi connectivity index (χ4n) is 1.93. The third-order valence-electron chi connectivity index (χ3n) is 3.17. The van der Waals surface area contributed by atoms with Gasteiger partial charge in [-0.05, 0) is 37.5 Å². The van der Waals surface area contributed by atoms with E-state index < -0.39 is 0 Å². The van der Waals surface area contributed by atoms with Gasteiger partial charge in [0.1, 0.15) is 0 Å². The van der Waals surface area contributed by atoms with Crippen molar-refractivity contribution in [1.82, 2.24) is 20.3 Å². The van der Waals surface area contributed by atoms with Gasteiger partial charge in [-0.3, -0.25) is 0 Å². The summed E-state index contributed by atoms with van der Waals surface area (Å²) in [7, 11) is 0. The molecule has 0 unspecified atom stereocenters. The highest BCUT2D eigenvalue weighted by Crippen LogP contribution is 2.22. The standard InChI is InChI=1S/C13H15BrN4/c1-9-2-3-10(14)6-13(9)18-12(8-16-17-18)7-15-11-4-5-11/h2-3,6,8,11,15H,4-5,7H2,1H3. The molecule has 1 heterocycles. The molecule has 1 aliphatic rings. The molecule has 0 atom stereocenters. The second-order valence-electron chi connectivity index (χ2n) is 4.72. The van der Waals surface area contributed by atoms with E-state index in [1.165, 1.54) is 18.4 Å². The van der Waals surface area contributed by atoms with Crippen molar-refractivity contribution in [3.05, 3.63) is 40.1 Å². The summed E-state index contributed by atoms with van der Waals surface area (Å²) < 4.78 is 2.97. The average Bonchev–Trinajstić information content (AvgIpc) is 3.08. The fourth-order valence-corrected chi connectivity index (χ4v) is 2.28. The van der Waals surface area contributed by atoms with Crippen molar-refractivity contribution in [2.45, 2.75) is 32.4 Å². The largest absolute Gasteiger partial charge is 0.308 e. The first-order valence-electron chi connectivity index (χ1n) is 6.13. The Labute approximate surface area is 115 Å². The highest BCUT2D eigenvalue weighted by Gasteiger charge is 2.21. The Balaban J connectivity index is 1.90. The van der Waals surface area contributed by atoms with Gasteiger partial charge in [0.15, 0.2) is 0 Å². The van der Waals surface area contributed by atoms with Gasteiger partial charge in [-0.1, -0.05) is 27.2 Å². The highest BCUT2D eigenvalue weighted by atomic mass is 79.9. The van der Waals surface area contributed by atoms with E-state index in [9.17, 15) is 0 Å². The van der Waals surface area contributed by atoms with Crippen molar-refractivity contribution in [1.29, 1.82) is 0 Å². The Kier molecular flexibility index (Phi) is 3.18. The van der Waals surface area contributed by atoms with Gasteiger partial charge in [0, 0.05) is 17.1 Å². The second kappa shape index (κ2) is 4.82. The van der Waals surface area contributed by atoms with Crippen molar-refractivity contribution in [2.24, 2.45) is 0 Å². The molecule has 1 aromatic heterocycles. The zero-order valence-electron chi connectivity index (χ0n) is 10.2. The van der Waals surface area contributed by atoms with Crippen LogP contribution < -0.4 is 5.32 Å². The molecule has 0 bridgehead atoms. The molecule has 1 aliphatic carbocycles. The molecule has 2 aromatic rings. The summed E-state index contributed by atoms with van der Waals surface area (Å²) >= 11 is 3.50. The summed E-state index contributed by atoms with van der Waals surface area (Å²) in [6.45, 7) is 2.91. The predicted molar refractivity (Wildman–Crippen MR) is 73.7 cm³/mol. The molecule has 1 saturated carbocycles. The summed E-state index contributed by atoms with van der Waals surface area (Å²) in [5, 5.41) is 11.7. The van der Waals surface area contributed by atoms with Crippen LogP contribution in [-0.4, -0.2) is 21.0 Å². The van der Waals surface area contributed by atoms with Crippen LogP contribution in [0.4, 0.5) is 0 Å². The third-order valence-corrected chi connectivity index (χ3v) is 3.66. The first-order valence-corrected chi connectivity index (χ1v) is 6.93. The Hall–Kier alpha value is -1.20. The zero-order valence-corrected chi connectivity index (χ0v) is 11.8. The Morgan fingerprint density at radius 2 is 2.28 bits per heavy atom. The monoisotopic (exact) mass is 306 g/mol. The van der Waals surface area contributed by atoms with E-state index in [1.54, 1.807) is 0 Å². The van der Waals surface area contributed by atoms with Gasteiger partial charge in [-0.2, -0.15) is 0 Å². The molecule has 94 valence electrons. The molecule has 18 heavy (non-hydrogen) atoms. The Morgan fingerprint density at radius 3 is 3.06 bits per heavy atom. The molecule has 1 N–H and O–H groups in total. The highest BCUT2D eigenvalue weighted by molar-refractivity contribution is 9.10. The minimum absolute atomic E-state index is 0.692. The second-order valence-corrected chi connectivity index (χ2v) is 5.64. The lowest BCUT2D eigenvalue weighted by Gasteiger charge is -2.10. The summed E-state index contributed by atoms with van der Waals surface area (Å²) in [6.07, 6.45) is 4.41. The third kappa shape index (κ3) is 2.47. The predicted octanol–water partition coefficient (Wildman–Crippen LogP) is 2.59. The average molecular weight is 307 g/mol. The van der Waals surface area contributed by atoms with E-state index in [0.717, 1.165) is 22.4 Å². The quantitative estimate of drug-likeness (QED) is 0.944. The van der Waals surface area contributed by atoms with Crippen molar-refractivity contribution in [2.75, 3.05) is 0 Å². The fraction of sp³-hybridized carbons (Fsp3) is 0.385. The van der Waals surface area contributed by atoms with E-state index in [4.69, 9.17) is 0 Å². The summed E-state index contributed by atoms with van der Waals surface area (Å²) in [5.74, 6) is 0. The van der Waals surface area contributed by atoms with Crippen LogP contribution in [0.1, 0.15) is 24.1 Å². The first-order chi connectivity index (χ1) is 8.74. The van der Waals surface area contributed by atoms with Gasteiger partial charge in [0.2, 0.25) is 0 Å². The maximum atomic E-state index is 4.19. The number of benzene rings is 1. The molecule has 0 aliphatic heterocycles. The maximum Gasteiger partial charge on any atom is 0.0783 e. The molecule has 1 fully saturated rings. The summed E-state index contributed by atoms with van der Waals surface area (Å²) in [5.41, 5.74) is 3.37. The van der Waals surface area contributed by atoms with Crippen LogP contribution in [-0.2, 0) is 6.54 Å². The molecule has 0 saturated heterocycles. The van der Waals surface area contributed by atoms with Gasteiger partial charge >= 0.3 is 0 Å². The van der Waals surface area contributed by atoms with E-state index in [1.807, 2.05) is 16.9 Å². The van der Waals surface area contributed by atoms with Crippen molar-refractivity contribution >= 4 is 15.9 Å². The summed E-state index contributed by atoms with van der Waals surface area (Å²) in [6, 6.07) is 6.89. The smallest absolute Gasteiger partial charge is 0.0783 e. The lowest BCUT2D eigenvalue weighted by atomic mass is 10.2. The topological polar surface area (TPSA) is 42.7 Å². The van der Waals surface area contributed by atoms with E-state index in [-0.39, 0.29) is 0 Å². The van der Waals surface area contributed by atoms with Gasteiger partial charge in [-0.25, -0.2) is 4.68 Å².